The predicted octanol–water partition coefficient (Wildman–Crippen LogP) is 0.962. The maximum Gasteiger partial charge on any atom is 0.227 e. The molecular formula is C18H27N3O3. The fourth-order valence-corrected chi connectivity index (χ4v) is 3.69. The molecule has 2 fully saturated rings. The molecular weight excluding hydrogens is 306 g/mol. The molecule has 1 aromatic rings. The second-order valence-electron chi connectivity index (χ2n) is 6.50. The number of fused-ring (bicyclic) bond motifs is 1. The Hall–Kier alpha value is -1.50. The monoisotopic (exact) mass is 333 g/mol. The molecule has 0 unspecified atom stereocenters. The van der Waals surface area contributed by atoms with Gasteiger partial charge in [0.25, 0.3) is 0 Å². The van der Waals surface area contributed by atoms with Crippen molar-refractivity contribution in [1.29, 1.82) is 0 Å². The van der Waals surface area contributed by atoms with Crippen molar-refractivity contribution in [1.82, 2.24) is 14.8 Å². The Morgan fingerprint density at radius 2 is 2.25 bits per heavy atom. The first-order chi connectivity index (χ1) is 11.8. The van der Waals surface area contributed by atoms with E-state index in [1.165, 1.54) is 0 Å². The number of ether oxygens (including phenoxy) is 2. The number of aromatic nitrogens is 1. The van der Waals surface area contributed by atoms with E-state index in [1.807, 2.05) is 17.0 Å². The van der Waals surface area contributed by atoms with Gasteiger partial charge >= 0.3 is 0 Å². The first kappa shape index (κ1) is 17.3. The van der Waals surface area contributed by atoms with E-state index < -0.39 is 0 Å². The van der Waals surface area contributed by atoms with Gasteiger partial charge in [0.2, 0.25) is 5.91 Å². The predicted molar refractivity (Wildman–Crippen MR) is 90.7 cm³/mol. The number of hydrogen-bond donors (Lipinski definition) is 0. The number of methoxy groups -OCH3 is 1. The Morgan fingerprint density at radius 1 is 1.38 bits per heavy atom. The minimum atomic E-state index is 0.185. The molecule has 6 heteroatoms. The van der Waals surface area contributed by atoms with Gasteiger partial charge in [-0.15, -0.1) is 0 Å². The largest absolute Gasteiger partial charge is 0.383 e. The van der Waals surface area contributed by atoms with Gasteiger partial charge in [-0.3, -0.25) is 14.7 Å². The zero-order valence-electron chi connectivity index (χ0n) is 14.4. The maximum absolute atomic E-state index is 12.6. The molecule has 3 heterocycles. The average Bonchev–Trinajstić information content (AvgIpc) is 2.84. The van der Waals surface area contributed by atoms with Crippen molar-refractivity contribution in [3.05, 3.63) is 30.1 Å². The second kappa shape index (κ2) is 8.55. The van der Waals surface area contributed by atoms with E-state index in [4.69, 9.17) is 9.47 Å². The summed E-state index contributed by atoms with van der Waals surface area (Å²) in [7, 11) is 1.74. The number of amides is 1. The third kappa shape index (κ3) is 4.32. The molecule has 2 atom stereocenters. The number of hydrogen-bond acceptors (Lipinski definition) is 5. The highest BCUT2D eigenvalue weighted by molar-refractivity contribution is 5.78. The van der Waals surface area contributed by atoms with E-state index in [0.29, 0.717) is 12.5 Å². The molecule has 132 valence electrons. The van der Waals surface area contributed by atoms with Crippen LogP contribution in [0.3, 0.4) is 0 Å². The van der Waals surface area contributed by atoms with Crippen molar-refractivity contribution in [2.24, 2.45) is 0 Å². The number of pyridine rings is 1. The molecule has 1 amide bonds. The number of rotatable bonds is 5. The summed E-state index contributed by atoms with van der Waals surface area (Å²) >= 11 is 0. The van der Waals surface area contributed by atoms with Crippen LogP contribution in [0.4, 0.5) is 0 Å². The molecule has 0 radical (unpaired) electrons. The van der Waals surface area contributed by atoms with Crippen LogP contribution < -0.4 is 0 Å². The summed E-state index contributed by atoms with van der Waals surface area (Å²) in [5.74, 6) is 0.185. The van der Waals surface area contributed by atoms with Gasteiger partial charge in [-0.05, 0) is 24.5 Å². The molecule has 2 aliphatic heterocycles. The van der Waals surface area contributed by atoms with Crippen LogP contribution in [-0.4, -0.2) is 79.3 Å². The Bertz CT molecular complexity index is 526. The molecule has 1 aromatic heterocycles. The summed E-state index contributed by atoms with van der Waals surface area (Å²) in [6, 6.07) is 4.23. The van der Waals surface area contributed by atoms with E-state index >= 15 is 0 Å². The average molecular weight is 333 g/mol. The third-order valence-electron chi connectivity index (χ3n) is 5.00. The smallest absolute Gasteiger partial charge is 0.227 e. The quantitative estimate of drug-likeness (QED) is 0.803. The second-order valence-corrected chi connectivity index (χ2v) is 6.50. The molecule has 0 N–H and O–H groups in total. The number of carbonyl (C=O) groups is 1. The van der Waals surface area contributed by atoms with Crippen LogP contribution in [0.1, 0.15) is 18.4 Å². The van der Waals surface area contributed by atoms with Crippen molar-refractivity contribution >= 4 is 5.91 Å². The first-order valence-electron chi connectivity index (χ1n) is 8.79. The van der Waals surface area contributed by atoms with Gasteiger partial charge in [-0.1, -0.05) is 6.07 Å². The lowest BCUT2D eigenvalue weighted by molar-refractivity contribution is -0.130. The van der Waals surface area contributed by atoms with Crippen LogP contribution in [-0.2, 0) is 20.7 Å². The number of morpholine rings is 1. The SMILES string of the molecule is COCCN1CCO[C@H]2CCN(C(=O)Cc3cccnc3)CC[C@@H]21. The molecule has 0 bridgehead atoms. The summed E-state index contributed by atoms with van der Waals surface area (Å²) in [6.07, 6.45) is 6.03. The number of likely N-dealkylation sites (tertiary alicyclic amines) is 1. The molecule has 0 aliphatic carbocycles. The van der Waals surface area contributed by atoms with E-state index in [1.54, 1.807) is 19.5 Å². The molecule has 2 aliphatic rings. The summed E-state index contributed by atoms with van der Waals surface area (Å²) in [6.45, 7) is 4.98. The van der Waals surface area contributed by atoms with Gasteiger partial charge in [0.1, 0.15) is 0 Å². The van der Waals surface area contributed by atoms with E-state index in [2.05, 4.69) is 9.88 Å². The van der Waals surface area contributed by atoms with Gasteiger partial charge in [-0.2, -0.15) is 0 Å². The van der Waals surface area contributed by atoms with Gasteiger partial charge in [0.15, 0.2) is 0 Å². The van der Waals surface area contributed by atoms with Crippen molar-refractivity contribution in [2.75, 3.05) is 46.5 Å². The highest BCUT2D eigenvalue weighted by atomic mass is 16.5. The number of carbonyl (C=O) groups excluding carboxylic acids is 1. The fraction of sp³-hybridized carbons (Fsp3) is 0.667. The standard InChI is InChI=1S/C18H27N3O3/c1-23-11-9-20-10-12-24-17-5-8-21(7-4-16(17)20)18(22)13-15-3-2-6-19-14-15/h2-3,6,14,16-17H,4-5,7-13H2,1H3/t16-,17-/m0/s1. The lowest BCUT2D eigenvalue weighted by atomic mass is 10.0. The lowest BCUT2D eigenvalue weighted by Crippen LogP contribution is -2.52. The molecule has 0 saturated carbocycles. The zero-order chi connectivity index (χ0) is 16.8. The van der Waals surface area contributed by atoms with Gasteiger partial charge < -0.3 is 14.4 Å². The summed E-state index contributed by atoms with van der Waals surface area (Å²) in [5, 5.41) is 0. The molecule has 2 saturated heterocycles. The van der Waals surface area contributed by atoms with Gasteiger partial charge in [-0.25, -0.2) is 0 Å². The third-order valence-corrected chi connectivity index (χ3v) is 5.00. The minimum absolute atomic E-state index is 0.185. The zero-order valence-corrected chi connectivity index (χ0v) is 14.4. The highest BCUT2D eigenvalue weighted by Gasteiger charge is 2.35. The first-order valence-corrected chi connectivity index (χ1v) is 8.79. The Morgan fingerprint density at radius 3 is 3.04 bits per heavy atom. The summed E-state index contributed by atoms with van der Waals surface area (Å²) in [5.41, 5.74) is 0.974. The fourth-order valence-electron chi connectivity index (χ4n) is 3.69. The highest BCUT2D eigenvalue weighted by Crippen LogP contribution is 2.24. The molecule has 0 spiro atoms. The van der Waals surface area contributed by atoms with Crippen LogP contribution in [0.15, 0.2) is 24.5 Å². The van der Waals surface area contributed by atoms with E-state index in [0.717, 1.165) is 57.8 Å². The normalized spacial score (nSPS) is 25.1. The van der Waals surface area contributed by atoms with Gasteiger partial charge in [0.05, 0.1) is 25.7 Å². The van der Waals surface area contributed by atoms with Crippen LogP contribution in [0, 0.1) is 0 Å². The molecule has 24 heavy (non-hydrogen) atoms. The van der Waals surface area contributed by atoms with Crippen molar-refractivity contribution in [2.45, 2.75) is 31.4 Å². The van der Waals surface area contributed by atoms with Crippen molar-refractivity contribution in [3.63, 3.8) is 0 Å². The maximum atomic E-state index is 12.6. The lowest BCUT2D eigenvalue weighted by Gasteiger charge is -2.40. The van der Waals surface area contributed by atoms with Crippen LogP contribution in [0.25, 0.3) is 0 Å². The Kier molecular flexibility index (Phi) is 6.18. The van der Waals surface area contributed by atoms with Crippen LogP contribution in [0.2, 0.25) is 0 Å². The summed E-state index contributed by atoms with van der Waals surface area (Å²) < 4.78 is 11.2. The Balaban J connectivity index is 1.58. The van der Waals surface area contributed by atoms with Crippen LogP contribution in [0.5, 0.6) is 0 Å². The minimum Gasteiger partial charge on any atom is -0.383 e. The number of nitrogens with zero attached hydrogens (tertiary/aromatic N) is 3. The van der Waals surface area contributed by atoms with Crippen molar-refractivity contribution < 1.29 is 14.3 Å². The van der Waals surface area contributed by atoms with Crippen molar-refractivity contribution in [3.8, 4) is 0 Å². The summed E-state index contributed by atoms with van der Waals surface area (Å²) in [4.78, 5) is 21.1. The van der Waals surface area contributed by atoms with E-state index in [-0.39, 0.29) is 12.0 Å². The van der Waals surface area contributed by atoms with Gasteiger partial charge in [0, 0.05) is 51.7 Å². The topological polar surface area (TPSA) is 54.9 Å². The molecule has 6 nitrogen and oxygen atoms in total. The Labute approximate surface area is 143 Å². The molecule has 3 rings (SSSR count). The molecule has 0 aromatic carbocycles. The van der Waals surface area contributed by atoms with E-state index in [9.17, 15) is 4.79 Å². The van der Waals surface area contributed by atoms with Crippen LogP contribution >= 0.6 is 0 Å².